The number of nitrogens with one attached hydrogen (secondary N) is 1. The molecule has 25 heavy (non-hydrogen) atoms. The maximum Gasteiger partial charge on any atom is 0.257 e. The van der Waals surface area contributed by atoms with Gasteiger partial charge in [-0.3, -0.25) is 9.59 Å². The summed E-state index contributed by atoms with van der Waals surface area (Å²) in [4.78, 5) is 26.5. The number of piperidine rings is 1. The number of carbonyl (C=O) groups is 2. The molecule has 0 aromatic heterocycles. The molecule has 1 fully saturated rings. The van der Waals surface area contributed by atoms with Crippen molar-refractivity contribution in [3.63, 3.8) is 0 Å². The van der Waals surface area contributed by atoms with E-state index in [9.17, 15) is 9.59 Å². The molecule has 0 spiro atoms. The third kappa shape index (κ3) is 4.05. The Morgan fingerprint density at radius 2 is 2.00 bits per heavy atom. The molecule has 1 heterocycles. The molecule has 1 aliphatic rings. The second kappa shape index (κ2) is 7.58. The van der Waals surface area contributed by atoms with Crippen molar-refractivity contribution in [2.75, 3.05) is 16.8 Å². The highest BCUT2D eigenvalue weighted by Crippen LogP contribution is 2.28. The molecule has 0 unspecified atom stereocenters. The summed E-state index contributed by atoms with van der Waals surface area (Å²) in [6.07, 6.45) is 2.51. The van der Waals surface area contributed by atoms with Crippen LogP contribution in [0.2, 0.25) is 5.02 Å². The monoisotopic (exact) mass is 420 g/mol. The number of rotatable bonds is 3. The predicted molar refractivity (Wildman–Crippen MR) is 104 cm³/mol. The SMILES string of the molecule is Cc1ccc(NC(=O)c2cc(Br)ccc2Cl)cc1N1CCCCC1=O. The zero-order valence-electron chi connectivity index (χ0n) is 13.8. The van der Waals surface area contributed by atoms with Gasteiger partial charge in [-0.1, -0.05) is 33.6 Å². The summed E-state index contributed by atoms with van der Waals surface area (Å²) in [5.74, 6) is -0.154. The van der Waals surface area contributed by atoms with Crippen molar-refractivity contribution in [2.45, 2.75) is 26.2 Å². The van der Waals surface area contributed by atoms with Gasteiger partial charge in [0.15, 0.2) is 0 Å². The van der Waals surface area contributed by atoms with Crippen molar-refractivity contribution >= 4 is 50.7 Å². The number of carbonyl (C=O) groups excluding carboxylic acids is 2. The van der Waals surface area contributed by atoms with Gasteiger partial charge in [0.1, 0.15) is 0 Å². The highest BCUT2D eigenvalue weighted by molar-refractivity contribution is 9.10. The molecule has 4 nitrogen and oxygen atoms in total. The van der Waals surface area contributed by atoms with Crippen LogP contribution in [0.5, 0.6) is 0 Å². The highest BCUT2D eigenvalue weighted by Gasteiger charge is 2.21. The zero-order valence-corrected chi connectivity index (χ0v) is 16.2. The van der Waals surface area contributed by atoms with E-state index in [1.54, 1.807) is 23.1 Å². The summed E-state index contributed by atoms with van der Waals surface area (Å²) in [6, 6.07) is 10.7. The Balaban J connectivity index is 1.86. The van der Waals surface area contributed by atoms with Gasteiger partial charge >= 0.3 is 0 Å². The van der Waals surface area contributed by atoms with E-state index < -0.39 is 0 Å². The van der Waals surface area contributed by atoms with E-state index in [-0.39, 0.29) is 11.8 Å². The third-order valence-electron chi connectivity index (χ3n) is 4.25. The van der Waals surface area contributed by atoms with Crippen LogP contribution in [0.4, 0.5) is 11.4 Å². The topological polar surface area (TPSA) is 49.4 Å². The number of benzene rings is 2. The molecule has 1 aliphatic heterocycles. The molecule has 0 radical (unpaired) electrons. The molecule has 0 aliphatic carbocycles. The van der Waals surface area contributed by atoms with Crippen LogP contribution >= 0.6 is 27.5 Å². The van der Waals surface area contributed by atoms with Crippen LogP contribution in [0.3, 0.4) is 0 Å². The van der Waals surface area contributed by atoms with E-state index in [2.05, 4.69) is 21.2 Å². The molecule has 1 N–H and O–H groups in total. The van der Waals surface area contributed by atoms with Crippen molar-refractivity contribution in [3.8, 4) is 0 Å². The van der Waals surface area contributed by atoms with Crippen molar-refractivity contribution in [3.05, 3.63) is 57.0 Å². The van der Waals surface area contributed by atoms with Gasteiger partial charge in [0.05, 0.1) is 10.6 Å². The molecule has 2 amide bonds. The number of halogens is 2. The highest BCUT2D eigenvalue weighted by atomic mass is 79.9. The first-order chi connectivity index (χ1) is 12.0. The minimum atomic E-state index is -0.286. The number of nitrogens with zero attached hydrogens (tertiary/aromatic N) is 1. The molecular formula is C19H18BrClN2O2. The molecule has 130 valence electrons. The summed E-state index contributed by atoms with van der Waals surface area (Å²) in [5.41, 5.74) is 2.89. The van der Waals surface area contributed by atoms with E-state index >= 15 is 0 Å². The molecule has 6 heteroatoms. The van der Waals surface area contributed by atoms with Crippen molar-refractivity contribution < 1.29 is 9.59 Å². The lowest BCUT2D eigenvalue weighted by Crippen LogP contribution is -2.35. The molecule has 1 saturated heterocycles. The summed E-state index contributed by atoms with van der Waals surface area (Å²) >= 11 is 9.47. The molecule has 3 rings (SSSR count). The Labute approximate surface area is 160 Å². The smallest absolute Gasteiger partial charge is 0.257 e. The summed E-state index contributed by atoms with van der Waals surface area (Å²) in [6.45, 7) is 2.68. The van der Waals surface area contributed by atoms with E-state index in [4.69, 9.17) is 11.6 Å². The number of amides is 2. The van der Waals surface area contributed by atoms with Crippen LogP contribution in [0.15, 0.2) is 40.9 Å². The third-order valence-corrected chi connectivity index (χ3v) is 5.08. The Morgan fingerprint density at radius 3 is 2.76 bits per heavy atom. The van der Waals surface area contributed by atoms with Crippen LogP contribution < -0.4 is 10.2 Å². The van der Waals surface area contributed by atoms with Crippen LogP contribution in [-0.4, -0.2) is 18.4 Å². The number of aryl methyl sites for hydroxylation is 1. The van der Waals surface area contributed by atoms with Gasteiger partial charge < -0.3 is 10.2 Å². The average Bonchev–Trinajstić information content (AvgIpc) is 2.59. The van der Waals surface area contributed by atoms with Gasteiger partial charge in [-0.25, -0.2) is 0 Å². The zero-order chi connectivity index (χ0) is 18.0. The molecular weight excluding hydrogens is 404 g/mol. The maximum absolute atomic E-state index is 12.5. The normalized spacial score (nSPS) is 14.5. The van der Waals surface area contributed by atoms with Crippen LogP contribution in [0.25, 0.3) is 0 Å². The van der Waals surface area contributed by atoms with E-state index in [0.29, 0.717) is 29.2 Å². The number of hydrogen-bond acceptors (Lipinski definition) is 2. The Hall–Kier alpha value is -1.85. The Kier molecular flexibility index (Phi) is 5.45. The fourth-order valence-electron chi connectivity index (χ4n) is 2.91. The molecule has 2 aromatic rings. The van der Waals surface area contributed by atoms with Gasteiger partial charge in [0.25, 0.3) is 5.91 Å². The second-order valence-electron chi connectivity index (χ2n) is 6.08. The van der Waals surface area contributed by atoms with Gasteiger partial charge in [-0.05, 0) is 55.7 Å². The minimum Gasteiger partial charge on any atom is -0.322 e. The Morgan fingerprint density at radius 1 is 1.20 bits per heavy atom. The van der Waals surface area contributed by atoms with Crippen LogP contribution in [0.1, 0.15) is 35.2 Å². The predicted octanol–water partition coefficient (Wildman–Crippen LogP) is 5.18. The van der Waals surface area contributed by atoms with Crippen LogP contribution in [-0.2, 0) is 4.79 Å². The number of hydrogen-bond donors (Lipinski definition) is 1. The summed E-state index contributed by atoms with van der Waals surface area (Å²) in [5, 5.41) is 3.25. The lowest BCUT2D eigenvalue weighted by molar-refractivity contribution is -0.119. The van der Waals surface area contributed by atoms with E-state index in [0.717, 1.165) is 28.6 Å². The first-order valence-corrected chi connectivity index (χ1v) is 9.30. The van der Waals surface area contributed by atoms with Gasteiger partial charge in [0.2, 0.25) is 5.91 Å². The largest absolute Gasteiger partial charge is 0.322 e. The van der Waals surface area contributed by atoms with Gasteiger partial charge in [-0.2, -0.15) is 0 Å². The second-order valence-corrected chi connectivity index (χ2v) is 7.40. The fourth-order valence-corrected chi connectivity index (χ4v) is 3.47. The quantitative estimate of drug-likeness (QED) is 0.742. The first kappa shape index (κ1) is 18.0. The van der Waals surface area contributed by atoms with Crippen molar-refractivity contribution in [1.82, 2.24) is 0 Å². The lowest BCUT2D eigenvalue weighted by atomic mass is 10.1. The first-order valence-electron chi connectivity index (χ1n) is 8.13. The van der Waals surface area contributed by atoms with Crippen molar-refractivity contribution in [1.29, 1.82) is 0 Å². The summed E-state index contributed by atoms with van der Waals surface area (Å²) in [7, 11) is 0. The van der Waals surface area contributed by atoms with E-state index in [1.807, 2.05) is 25.1 Å². The lowest BCUT2D eigenvalue weighted by Gasteiger charge is -2.28. The maximum atomic E-state index is 12.5. The Bertz CT molecular complexity index is 838. The molecule has 0 saturated carbocycles. The molecule has 0 atom stereocenters. The average molecular weight is 422 g/mol. The number of anilines is 2. The summed E-state index contributed by atoms with van der Waals surface area (Å²) < 4.78 is 0.783. The fraction of sp³-hybridized carbons (Fsp3) is 0.263. The van der Waals surface area contributed by atoms with Crippen molar-refractivity contribution in [2.24, 2.45) is 0 Å². The van der Waals surface area contributed by atoms with Gasteiger partial charge in [0, 0.05) is 28.8 Å². The standard InChI is InChI=1S/C19H18BrClN2O2/c1-12-5-7-14(11-17(12)23-9-3-2-4-18(23)24)22-19(25)15-10-13(20)6-8-16(15)21/h5-8,10-11H,2-4,9H2,1H3,(H,22,25). The molecule has 0 bridgehead atoms. The van der Waals surface area contributed by atoms with Crippen LogP contribution in [0, 0.1) is 6.92 Å². The minimum absolute atomic E-state index is 0.132. The van der Waals surface area contributed by atoms with E-state index in [1.165, 1.54) is 0 Å². The molecule has 2 aromatic carbocycles. The van der Waals surface area contributed by atoms with Gasteiger partial charge in [-0.15, -0.1) is 0 Å².